The van der Waals surface area contributed by atoms with E-state index in [1.54, 1.807) is 12.3 Å². The van der Waals surface area contributed by atoms with Crippen LogP contribution in [0.2, 0.25) is 0 Å². The molecular weight excluding hydrogens is 273 g/mol. The molecule has 0 spiro atoms. The molecule has 0 aliphatic rings. The van der Waals surface area contributed by atoms with Gasteiger partial charge in [0.05, 0.1) is 5.56 Å². The third-order valence-corrected chi connectivity index (χ3v) is 4.05. The predicted molar refractivity (Wildman–Crippen MR) is 70.0 cm³/mol. The minimum atomic E-state index is -4.33. The molecule has 0 radical (unpaired) electrons. The van der Waals surface area contributed by atoms with Gasteiger partial charge in [0.2, 0.25) is 0 Å². The Balaban J connectivity index is 2.34. The largest absolute Gasteiger partial charge is 0.416 e. The van der Waals surface area contributed by atoms with Gasteiger partial charge in [-0.05, 0) is 26.1 Å². The van der Waals surface area contributed by atoms with E-state index in [9.17, 15) is 13.2 Å². The van der Waals surface area contributed by atoms with E-state index in [2.05, 4.69) is 10.3 Å². The third kappa shape index (κ3) is 3.13. The van der Waals surface area contributed by atoms with Crippen LogP contribution in [0.5, 0.6) is 0 Å². The highest BCUT2D eigenvalue weighted by Crippen LogP contribution is 2.34. The highest BCUT2D eigenvalue weighted by atomic mass is 32.1. The van der Waals surface area contributed by atoms with Crippen molar-refractivity contribution in [1.29, 1.82) is 0 Å². The Bertz CT molecular complexity index is 563. The summed E-state index contributed by atoms with van der Waals surface area (Å²) < 4.78 is 37.9. The van der Waals surface area contributed by atoms with E-state index in [-0.39, 0.29) is 6.04 Å². The van der Waals surface area contributed by atoms with E-state index in [0.717, 1.165) is 17.0 Å². The van der Waals surface area contributed by atoms with Crippen molar-refractivity contribution < 1.29 is 13.2 Å². The van der Waals surface area contributed by atoms with Crippen molar-refractivity contribution in [1.82, 2.24) is 10.3 Å². The van der Waals surface area contributed by atoms with E-state index in [4.69, 9.17) is 0 Å². The maximum atomic E-state index is 12.6. The van der Waals surface area contributed by atoms with Crippen molar-refractivity contribution in [3.63, 3.8) is 0 Å². The number of benzene rings is 1. The molecule has 0 saturated heterocycles. The van der Waals surface area contributed by atoms with E-state index in [1.807, 2.05) is 14.0 Å². The molecule has 2 nitrogen and oxygen atoms in total. The second-order valence-electron chi connectivity index (χ2n) is 4.16. The number of thiazole rings is 1. The Morgan fingerprint density at radius 3 is 2.68 bits per heavy atom. The van der Waals surface area contributed by atoms with Crippen LogP contribution in [0.4, 0.5) is 13.2 Å². The van der Waals surface area contributed by atoms with Gasteiger partial charge < -0.3 is 5.32 Å². The zero-order chi connectivity index (χ0) is 14.0. The van der Waals surface area contributed by atoms with E-state index >= 15 is 0 Å². The Kier molecular flexibility index (Phi) is 3.91. The van der Waals surface area contributed by atoms with Gasteiger partial charge >= 0.3 is 6.18 Å². The molecule has 102 valence electrons. The number of alkyl halides is 3. The summed E-state index contributed by atoms with van der Waals surface area (Å²) in [5, 5.41) is 3.67. The van der Waals surface area contributed by atoms with Gasteiger partial charge in [-0.25, -0.2) is 4.98 Å². The van der Waals surface area contributed by atoms with Crippen molar-refractivity contribution in [3.05, 3.63) is 40.9 Å². The topological polar surface area (TPSA) is 24.9 Å². The molecule has 2 aromatic rings. The van der Waals surface area contributed by atoms with Gasteiger partial charge in [0.25, 0.3) is 0 Å². The van der Waals surface area contributed by atoms with Crippen LogP contribution in [0.15, 0.2) is 30.5 Å². The van der Waals surface area contributed by atoms with Crippen molar-refractivity contribution in [2.75, 3.05) is 7.05 Å². The summed E-state index contributed by atoms with van der Waals surface area (Å²) in [6.45, 7) is 1.98. The molecule has 0 aliphatic heterocycles. The fourth-order valence-corrected chi connectivity index (χ4v) is 2.56. The molecule has 19 heavy (non-hydrogen) atoms. The lowest BCUT2D eigenvalue weighted by atomic mass is 10.1. The molecular formula is C13H13F3N2S. The van der Waals surface area contributed by atoms with Crippen LogP contribution < -0.4 is 5.32 Å². The van der Waals surface area contributed by atoms with Gasteiger partial charge in [0, 0.05) is 22.7 Å². The lowest BCUT2D eigenvalue weighted by molar-refractivity contribution is -0.137. The summed E-state index contributed by atoms with van der Waals surface area (Å²) in [7, 11) is 1.83. The normalized spacial score (nSPS) is 13.5. The van der Waals surface area contributed by atoms with E-state index in [0.29, 0.717) is 10.6 Å². The number of aromatic nitrogens is 1. The quantitative estimate of drug-likeness (QED) is 0.918. The molecule has 0 saturated carbocycles. The number of halogens is 3. The van der Waals surface area contributed by atoms with Crippen LogP contribution in [0.3, 0.4) is 0 Å². The molecule has 0 bridgehead atoms. The standard InChI is InChI=1S/C13H13F3N2S/c1-8(17-2)11-7-18-12(19-11)9-4-3-5-10(6-9)13(14,15)16/h3-8,17H,1-2H3. The van der Waals surface area contributed by atoms with Gasteiger partial charge in [-0.15, -0.1) is 11.3 Å². The summed E-state index contributed by atoms with van der Waals surface area (Å²) in [4.78, 5) is 5.19. The number of nitrogens with zero attached hydrogens (tertiary/aromatic N) is 1. The molecule has 0 aliphatic carbocycles. The summed E-state index contributed by atoms with van der Waals surface area (Å²) in [6, 6.07) is 5.38. The average Bonchev–Trinajstić information content (AvgIpc) is 2.86. The Labute approximate surface area is 113 Å². The maximum absolute atomic E-state index is 12.6. The minimum Gasteiger partial charge on any atom is -0.312 e. The molecule has 0 amide bonds. The van der Waals surface area contributed by atoms with Gasteiger partial charge in [-0.2, -0.15) is 13.2 Å². The summed E-state index contributed by atoms with van der Waals surface area (Å²) in [5.41, 5.74) is -0.155. The predicted octanol–water partition coefficient (Wildman–Crippen LogP) is 4.11. The molecule has 0 fully saturated rings. The molecule has 1 N–H and O–H groups in total. The highest BCUT2D eigenvalue weighted by molar-refractivity contribution is 7.15. The third-order valence-electron chi connectivity index (χ3n) is 2.82. The zero-order valence-corrected chi connectivity index (χ0v) is 11.3. The molecule has 1 atom stereocenters. The van der Waals surface area contributed by atoms with Crippen molar-refractivity contribution in [2.45, 2.75) is 19.1 Å². The first-order chi connectivity index (χ1) is 8.91. The van der Waals surface area contributed by atoms with Crippen LogP contribution in [-0.4, -0.2) is 12.0 Å². The first-order valence-corrected chi connectivity index (χ1v) is 6.54. The molecule has 1 heterocycles. The minimum absolute atomic E-state index is 0.136. The van der Waals surface area contributed by atoms with Crippen molar-refractivity contribution in [3.8, 4) is 10.6 Å². The Morgan fingerprint density at radius 1 is 1.32 bits per heavy atom. The monoisotopic (exact) mass is 286 g/mol. The molecule has 1 unspecified atom stereocenters. The first-order valence-electron chi connectivity index (χ1n) is 5.72. The summed E-state index contributed by atoms with van der Waals surface area (Å²) in [6.07, 6.45) is -2.63. The Morgan fingerprint density at radius 2 is 2.05 bits per heavy atom. The van der Waals surface area contributed by atoms with Crippen LogP contribution in [0.1, 0.15) is 23.4 Å². The zero-order valence-electron chi connectivity index (χ0n) is 10.5. The molecule has 6 heteroatoms. The van der Waals surface area contributed by atoms with Gasteiger partial charge in [0.15, 0.2) is 0 Å². The lowest BCUT2D eigenvalue weighted by Gasteiger charge is -2.07. The van der Waals surface area contributed by atoms with E-state index in [1.165, 1.54) is 17.4 Å². The number of hydrogen-bond acceptors (Lipinski definition) is 3. The smallest absolute Gasteiger partial charge is 0.312 e. The van der Waals surface area contributed by atoms with Crippen molar-refractivity contribution in [2.24, 2.45) is 0 Å². The lowest BCUT2D eigenvalue weighted by Crippen LogP contribution is -2.10. The fraction of sp³-hybridized carbons (Fsp3) is 0.308. The molecule has 2 rings (SSSR count). The van der Waals surface area contributed by atoms with Gasteiger partial charge in [-0.3, -0.25) is 0 Å². The van der Waals surface area contributed by atoms with E-state index < -0.39 is 11.7 Å². The van der Waals surface area contributed by atoms with Crippen LogP contribution in [0, 0.1) is 0 Å². The van der Waals surface area contributed by atoms with Gasteiger partial charge in [-0.1, -0.05) is 12.1 Å². The second-order valence-corrected chi connectivity index (χ2v) is 5.22. The fourth-order valence-electron chi connectivity index (χ4n) is 1.59. The summed E-state index contributed by atoms with van der Waals surface area (Å²) in [5.74, 6) is 0. The Hall–Kier alpha value is -1.40. The summed E-state index contributed by atoms with van der Waals surface area (Å²) >= 11 is 1.40. The number of hydrogen-bond donors (Lipinski definition) is 1. The average molecular weight is 286 g/mol. The van der Waals surface area contributed by atoms with Gasteiger partial charge in [0.1, 0.15) is 5.01 Å². The first kappa shape index (κ1) is 14.0. The highest BCUT2D eigenvalue weighted by Gasteiger charge is 2.30. The maximum Gasteiger partial charge on any atom is 0.416 e. The SMILES string of the molecule is CNC(C)c1cnc(-c2cccc(C(F)(F)F)c2)s1. The number of rotatable bonds is 3. The van der Waals surface area contributed by atoms with Crippen LogP contribution >= 0.6 is 11.3 Å². The van der Waals surface area contributed by atoms with Crippen molar-refractivity contribution >= 4 is 11.3 Å². The van der Waals surface area contributed by atoms with Crippen LogP contribution in [-0.2, 0) is 6.18 Å². The molecule has 1 aromatic heterocycles. The van der Waals surface area contributed by atoms with Crippen LogP contribution in [0.25, 0.3) is 10.6 Å². The molecule has 1 aromatic carbocycles. The second kappa shape index (κ2) is 5.30. The number of nitrogens with one attached hydrogen (secondary N) is 1.